The van der Waals surface area contributed by atoms with E-state index in [9.17, 15) is 0 Å². The molecular weight excluding hydrogens is 200 g/mol. The Morgan fingerprint density at radius 3 is 1.50 bits per heavy atom. The monoisotopic (exact) mass is 206 g/mol. The molecule has 0 unspecified atom stereocenters. The Kier molecular flexibility index (Phi) is 2.82. The molecule has 0 aliphatic carbocycles. The Bertz CT molecular complexity index is 307. The topological polar surface area (TPSA) is 129 Å². The second-order valence-electron chi connectivity index (χ2n) is 2.17. The van der Waals surface area contributed by atoms with Crippen molar-refractivity contribution in [2.24, 2.45) is 0 Å². The zero-order valence-electron chi connectivity index (χ0n) is 6.54. The Labute approximate surface area is 76.5 Å². The van der Waals surface area contributed by atoms with Gasteiger partial charge in [-0.15, -0.1) is 0 Å². The molecule has 0 aliphatic heterocycles. The summed E-state index contributed by atoms with van der Waals surface area (Å²) in [5.41, 5.74) is 0. The van der Waals surface area contributed by atoms with Gasteiger partial charge in [-0.3, -0.25) is 0 Å². The van der Waals surface area contributed by atoms with Crippen LogP contribution in [0.5, 0.6) is 28.7 Å². The van der Waals surface area contributed by atoms with Gasteiger partial charge in [0.2, 0.25) is 23.0 Å². The maximum absolute atomic E-state index is 9.12. The first-order valence-corrected chi connectivity index (χ1v) is 3.18. The highest BCUT2D eigenvalue weighted by atomic mass is 17.1. The Morgan fingerprint density at radius 1 is 0.786 bits per heavy atom. The summed E-state index contributed by atoms with van der Waals surface area (Å²) in [6.45, 7) is 0. The van der Waals surface area contributed by atoms with Crippen LogP contribution in [0.1, 0.15) is 0 Å². The van der Waals surface area contributed by atoms with Crippen LogP contribution in [-0.4, -0.2) is 26.0 Å². The molecule has 0 aromatic heterocycles. The number of hydrogen-bond donors (Lipinski definition) is 5. The Balaban J connectivity index is 3.39. The number of phenols is 2. The van der Waals surface area contributed by atoms with Crippen LogP contribution in [0.15, 0.2) is 6.07 Å². The summed E-state index contributed by atoms with van der Waals surface area (Å²) in [5, 5.41) is 43.0. The van der Waals surface area contributed by atoms with E-state index >= 15 is 0 Å². The van der Waals surface area contributed by atoms with Gasteiger partial charge in [-0.25, -0.2) is 15.8 Å². The molecule has 1 aromatic rings. The second kappa shape index (κ2) is 3.87. The fourth-order valence-corrected chi connectivity index (χ4v) is 0.817. The van der Waals surface area contributed by atoms with Gasteiger partial charge < -0.3 is 24.9 Å². The first-order chi connectivity index (χ1) is 6.65. The average molecular weight is 206 g/mol. The molecule has 5 N–H and O–H groups in total. The molecule has 0 bridgehead atoms. The fourth-order valence-electron chi connectivity index (χ4n) is 0.817. The lowest BCUT2D eigenvalue weighted by molar-refractivity contribution is -0.155. The van der Waals surface area contributed by atoms with E-state index in [4.69, 9.17) is 26.0 Å². The minimum absolute atomic E-state index is 0.587. The summed E-state index contributed by atoms with van der Waals surface area (Å²) in [6, 6.07) is 0.757. The maximum atomic E-state index is 9.12. The predicted octanol–water partition coefficient (Wildman–Crippen LogP) is 0.653. The van der Waals surface area contributed by atoms with Crippen molar-refractivity contribution in [3.8, 4) is 28.7 Å². The zero-order valence-corrected chi connectivity index (χ0v) is 6.54. The van der Waals surface area contributed by atoms with Crippen molar-refractivity contribution in [2.45, 2.75) is 0 Å². The van der Waals surface area contributed by atoms with Gasteiger partial charge in [0, 0.05) is 6.07 Å². The van der Waals surface area contributed by atoms with Crippen molar-refractivity contribution in [3.63, 3.8) is 0 Å². The van der Waals surface area contributed by atoms with E-state index in [0.29, 0.717) is 0 Å². The third kappa shape index (κ3) is 1.44. The first-order valence-electron chi connectivity index (χ1n) is 3.18. The van der Waals surface area contributed by atoms with Gasteiger partial charge in [-0.05, 0) is 0 Å². The number of phenolic OH excluding ortho intramolecular Hbond substituents is 2. The highest BCUT2D eigenvalue weighted by Crippen LogP contribution is 2.48. The summed E-state index contributed by atoms with van der Waals surface area (Å²) in [6.07, 6.45) is 0. The third-order valence-electron chi connectivity index (χ3n) is 1.45. The Morgan fingerprint density at radius 2 is 1.21 bits per heavy atom. The van der Waals surface area contributed by atoms with Gasteiger partial charge in [0.15, 0.2) is 0 Å². The van der Waals surface area contributed by atoms with Crippen molar-refractivity contribution in [2.75, 3.05) is 0 Å². The van der Waals surface area contributed by atoms with Crippen molar-refractivity contribution in [1.82, 2.24) is 0 Å². The molecule has 0 fully saturated rings. The molecule has 0 amide bonds. The van der Waals surface area contributed by atoms with Gasteiger partial charge in [-0.2, -0.15) is 0 Å². The van der Waals surface area contributed by atoms with Crippen molar-refractivity contribution in [1.29, 1.82) is 0 Å². The fraction of sp³-hybridized carbons (Fsp3) is 0. The van der Waals surface area contributed by atoms with Crippen LogP contribution >= 0.6 is 0 Å². The van der Waals surface area contributed by atoms with Crippen LogP contribution in [0, 0.1) is 0 Å². The third-order valence-corrected chi connectivity index (χ3v) is 1.45. The van der Waals surface area contributed by atoms with Gasteiger partial charge >= 0.3 is 0 Å². The van der Waals surface area contributed by atoms with E-state index in [2.05, 4.69) is 14.7 Å². The zero-order chi connectivity index (χ0) is 10.7. The van der Waals surface area contributed by atoms with Crippen LogP contribution in [0.2, 0.25) is 0 Å². The minimum Gasteiger partial charge on any atom is -0.501 e. The highest BCUT2D eigenvalue weighted by molar-refractivity contribution is 5.63. The standard InChI is InChI=1S/C6H6O8/c7-4-2(12-9)1-3(13-10)5(8)6(4)14-11/h1,7-11H. The van der Waals surface area contributed by atoms with Gasteiger partial charge in [-0.1, -0.05) is 0 Å². The second-order valence-corrected chi connectivity index (χ2v) is 2.17. The van der Waals surface area contributed by atoms with Crippen LogP contribution in [0.25, 0.3) is 0 Å². The summed E-state index contributed by atoms with van der Waals surface area (Å²) < 4.78 is 0. The number of rotatable bonds is 3. The maximum Gasteiger partial charge on any atom is 0.256 e. The minimum atomic E-state index is -0.867. The van der Waals surface area contributed by atoms with Crippen LogP contribution in [-0.2, 0) is 0 Å². The molecule has 0 atom stereocenters. The summed E-state index contributed by atoms with van der Waals surface area (Å²) in [7, 11) is 0. The molecule has 0 radical (unpaired) electrons. The molecule has 78 valence electrons. The number of benzene rings is 1. The molecule has 0 saturated heterocycles. The van der Waals surface area contributed by atoms with Crippen LogP contribution in [0.4, 0.5) is 0 Å². The quantitative estimate of drug-likeness (QED) is 0.360. The van der Waals surface area contributed by atoms with E-state index in [-0.39, 0.29) is 0 Å². The number of hydrogen-bond acceptors (Lipinski definition) is 8. The molecule has 0 spiro atoms. The summed E-state index contributed by atoms with van der Waals surface area (Å²) in [5.74, 6) is -3.74. The molecule has 1 aromatic carbocycles. The van der Waals surface area contributed by atoms with Crippen molar-refractivity contribution in [3.05, 3.63) is 6.07 Å². The van der Waals surface area contributed by atoms with Gasteiger partial charge in [0.05, 0.1) is 0 Å². The van der Waals surface area contributed by atoms with Gasteiger partial charge in [0.25, 0.3) is 5.75 Å². The molecule has 8 nitrogen and oxygen atoms in total. The van der Waals surface area contributed by atoms with Crippen molar-refractivity contribution < 1.29 is 40.6 Å². The van der Waals surface area contributed by atoms with Crippen LogP contribution < -0.4 is 14.7 Å². The molecule has 1 rings (SSSR count). The van der Waals surface area contributed by atoms with E-state index in [1.807, 2.05) is 0 Å². The Hall–Kier alpha value is -1.90. The van der Waals surface area contributed by atoms with Crippen molar-refractivity contribution >= 4 is 0 Å². The molecule has 8 heteroatoms. The molecular formula is C6H6O8. The lowest BCUT2D eigenvalue weighted by atomic mass is 10.2. The average Bonchev–Trinajstić information content (AvgIpc) is 2.19. The molecule has 0 heterocycles. The van der Waals surface area contributed by atoms with E-state index < -0.39 is 28.7 Å². The molecule has 0 saturated carbocycles. The first kappa shape index (κ1) is 10.2. The van der Waals surface area contributed by atoms with E-state index in [0.717, 1.165) is 6.07 Å². The largest absolute Gasteiger partial charge is 0.501 e. The van der Waals surface area contributed by atoms with E-state index in [1.165, 1.54) is 0 Å². The van der Waals surface area contributed by atoms with Crippen LogP contribution in [0.3, 0.4) is 0 Å². The smallest absolute Gasteiger partial charge is 0.256 e. The SMILES string of the molecule is OOc1cc(OO)c(O)c(OO)c1O. The summed E-state index contributed by atoms with van der Waals surface area (Å²) in [4.78, 5) is 10.9. The van der Waals surface area contributed by atoms with E-state index in [1.54, 1.807) is 0 Å². The highest BCUT2D eigenvalue weighted by Gasteiger charge is 2.22. The lowest BCUT2D eigenvalue weighted by Crippen LogP contribution is -1.93. The predicted molar refractivity (Wildman–Crippen MR) is 39.5 cm³/mol. The summed E-state index contributed by atoms with van der Waals surface area (Å²) >= 11 is 0. The normalized spacial score (nSPS) is 9.64. The number of aromatic hydroxyl groups is 2. The molecule has 0 aliphatic rings. The van der Waals surface area contributed by atoms with Gasteiger partial charge in [0.1, 0.15) is 0 Å². The lowest BCUT2D eigenvalue weighted by Gasteiger charge is -2.08. The molecule has 14 heavy (non-hydrogen) atoms.